The van der Waals surface area contributed by atoms with Gasteiger partial charge in [0, 0.05) is 49.9 Å². The number of rotatable bonds is 7. The lowest BCUT2D eigenvalue weighted by molar-refractivity contribution is 0.591. The van der Waals surface area contributed by atoms with Crippen molar-refractivity contribution in [2.45, 2.75) is 105 Å². The molecule has 0 spiro atoms. The van der Waals surface area contributed by atoms with Crippen molar-refractivity contribution in [2.24, 2.45) is 0 Å². The van der Waals surface area contributed by atoms with Gasteiger partial charge in [-0.25, -0.2) is 9.97 Å². The van der Waals surface area contributed by atoms with Gasteiger partial charge in [-0.2, -0.15) is 0 Å². The minimum absolute atomic E-state index is 0.0169. The number of nitrogens with zero attached hydrogens (tertiary/aromatic N) is 2. The molecule has 11 aromatic rings. The second-order valence-electron chi connectivity index (χ2n) is 23.1. The van der Waals surface area contributed by atoms with Crippen LogP contribution in [0.2, 0.25) is 0 Å². The molecule has 0 amide bonds. The Bertz CT molecular complexity index is 3740. The third-order valence-corrected chi connectivity index (χ3v) is 16.5. The van der Waals surface area contributed by atoms with Crippen LogP contribution in [-0.2, 0) is 21.7 Å². The van der Waals surface area contributed by atoms with Gasteiger partial charge in [-0.1, -0.05) is 149 Å². The van der Waals surface area contributed by atoms with E-state index in [9.17, 15) is 0 Å². The zero-order chi connectivity index (χ0) is 49.1. The van der Waals surface area contributed by atoms with E-state index in [1.54, 1.807) is 22.7 Å². The molecule has 4 heterocycles. The minimum atomic E-state index is -0.271. The van der Waals surface area contributed by atoms with E-state index in [0.717, 1.165) is 49.7 Å². The Hall–Kier alpha value is -6.60. The quantitative estimate of drug-likeness (QED) is 0.156. The van der Waals surface area contributed by atoms with Crippen molar-refractivity contribution in [3.8, 4) is 55.2 Å². The average molecular weight is 951 g/mol. The fourth-order valence-electron chi connectivity index (χ4n) is 10.2. The largest absolute Gasteiger partial charge is 0.353 e. The summed E-state index contributed by atoms with van der Waals surface area (Å²) in [7, 11) is 0. The molecule has 0 saturated carbocycles. The molecule has 70 heavy (non-hydrogen) atoms. The van der Waals surface area contributed by atoms with Crippen LogP contribution in [0.25, 0.3) is 98.3 Å². The molecule has 6 heteroatoms. The Kier molecular flexibility index (Phi) is 10.8. The predicted octanol–water partition coefficient (Wildman–Crippen LogP) is 18.7. The molecule has 11 rings (SSSR count). The summed E-state index contributed by atoms with van der Waals surface area (Å²) in [5.41, 5.74) is 16.2. The molecule has 0 bridgehead atoms. The zero-order valence-corrected chi connectivity index (χ0v) is 44.2. The van der Waals surface area contributed by atoms with Crippen molar-refractivity contribution in [1.29, 1.82) is 0 Å². The highest BCUT2D eigenvalue weighted by atomic mass is 32.1. The molecule has 4 nitrogen and oxygen atoms in total. The maximum Gasteiger partial charge on any atom is 0.140 e. The van der Waals surface area contributed by atoms with Gasteiger partial charge in [0.05, 0.1) is 17.1 Å². The molecule has 4 aromatic heterocycles. The first-order valence-corrected chi connectivity index (χ1v) is 26.4. The molecule has 0 fully saturated rings. The van der Waals surface area contributed by atoms with Crippen LogP contribution in [0, 0.1) is 6.92 Å². The van der Waals surface area contributed by atoms with Gasteiger partial charge in [-0.3, -0.25) is 0 Å². The fourth-order valence-corrected chi connectivity index (χ4v) is 11.7. The van der Waals surface area contributed by atoms with Crippen LogP contribution in [0.5, 0.6) is 0 Å². The van der Waals surface area contributed by atoms with Crippen molar-refractivity contribution in [3.05, 3.63) is 178 Å². The van der Waals surface area contributed by atoms with E-state index in [4.69, 9.17) is 9.97 Å². The molecule has 0 aliphatic heterocycles. The third kappa shape index (κ3) is 8.19. The highest BCUT2D eigenvalue weighted by molar-refractivity contribution is 7.13. The summed E-state index contributed by atoms with van der Waals surface area (Å²) in [4.78, 5) is 17.7. The zero-order valence-electron chi connectivity index (χ0n) is 42.6. The molecule has 350 valence electrons. The van der Waals surface area contributed by atoms with Gasteiger partial charge in [0.25, 0.3) is 0 Å². The van der Waals surface area contributed by atoms with Gasteiger partial charge in [0.1, 0.15) is 10.0 Å². The number of aromatic amines is 2. The van der Waals surface area contributed by atoms with Gasteiger partial charge in [0.15, 0.2) is 0 Å². The summed E-state index contributed by atoms with van der Waals surface area (Å²) in [5, 5.41) is 16.3. The first kappa shape index (κ1) is 45.8. The topological polar surface area (TPSA) is 57.4 Å². The third-order valence-electron chi connectivity index (χ3n) is 14.6. The van der Waals surface area contributed by atoms with Crippen molar-refractivity contribution >= 4 is 65.8 Å². The van der Waals surface area contributed by atoms with Crippen LogP contribution in [0.15, 0.2) is 144 Å². The molecule has 0 unspecified atom stereocenters. The number of benzene rings is 7. The predicted molar refractivity (Wildman–Crippen MR) is 303 cm³/mol. The number of aryl methyl sites for hydroxylation is 1. The lowest BCUT2D eigenvalue weighted by Crippen LogP contribution is -2.18. The summed E-state index contributed by atoms with van der Waals surface area (Å²) in [6.07, 6.45) is 0. The summed E-state index contributed by atoms with van der Waals surface area (Å²) in [5.74, 6) is 0. The Morgan fingerprint density at radius 2 is 0.743 bits per heavy atom. The van der Waals surface area contributed by atoms with E-state index in [0.29, 0.717) is 0 Å². The van der Waals surface area contributed by atoms with Crippen molar-refractivity contribution in [3.63, 3.8) is 0 Å². The lowest BCUT2D eigenvalue weighted by Gasteiger charge is -2.27. The molecular weight excluding hydrogens is 889 g/mol. The average Bonchev–Trinajstić information content (AvgIpc) is 4.17. The number of H-pyrrole nitrogens is 2. The van der Waals surface area contributed by atoms with E-state index >= 15 is 0 Å². The first-order valence-electron chi connectivity index (χ1n) is 24.6. The van der Waals surface area contributed by atoms with E-state index < -0.39 is 0 Å². The van der Waals surface area contributed by atoms with E-state index in [-0.39, 0.29) is 21.7 Å². The standard InChI is InChI=1S/C64H62N4S2/c1-37-35-69-59(65-37)54-27-25-53(66-54)58-50-33-46(63(8,9)10)23-17-41(50)30-42-18-24-47(34-51(42)58)64(11,12)43-19-13-38(14-20-43)56-36-70-60(68-56)55-28-26-52(67-55)57-48-31-44(61(2,3)4)21-15-39(48)29-40-16-22-45(32-49(40)57)62(5,6)7/h13-36,66-67H,1-12H3. The minimum Gasteiger partial charge on any atom is -0.353 e. The van der Waals surface area contributed by atoms with E-state index in [1.807, 2.05) is 0 Å². The molecule has 2 N–H and O–H groups in total. The summed E-state index contributed by atoms with van der Waals surface area (Å²) in [6, 6.07) is 50.7. The van der Waals surface area contributed by atoms with Gasteiger partial charge < -0.3 is 9.97 Å². The summed E-state index contributed by atoms with van der Waals surface area (Å²) >= 11 is 3.37. The van der Waals surface area contributed by atoms with Crippen LogP contribution in [-0.4, -0.2) is 19.9 Å². The van der Waals surface area contributed by atoms with Gasteiger partial charge in [0.2, 0.25) is 0 Å². The smallest absolute Gasteiger partial charge is 0.140 e. The number of thiazole rings is 2. The number of fused-ring (bicyclic) bond motifs is 4. The van der Waals surface area contributed by atoms with E-state index in [2.05, 4.69) is 237 Å². The van der Waals surface area contributed by atoms with Crippen LogP contribution >= 0.6 is 22.7 Å². The SMILES string of the molecule is Cc1csc(-c2ccc(-c3c4cc(C(C)(C)C)ccc4cc4ccc(C(C)(C)c5ccc(-c6csc(-c7ccc(-c8c9cc(C(C)(C)C)ccc9cc9ccc(C(C)(C)C)cc89)[nH]7)n6)cc5)cc34)[nH]2)n1. The maximum absolute atomic E-state index is 5.25. The molecule has 0 radical (unpaired) electrons. The lowest BCUT2D eigenvalue weighted by atomic mass is 9.76. The van der Waals surface area contributed by atoms with Crippen LogP contribution in [0.1, 0.15) is 110 Å². The Balaban J connectivity index is 0.933. The normalized spacial score (nSPS) is 12.9. The summed E-state index contributed by atoms with van der Waals surface area (Å²) in [6.45, 7) is 27.4. The molecule has 0 saturated heterocycles. The molecular formula is C64H62N4S2. The van der Waals surface area contributed by atoms with Gasteiger partial charge in [-0.05, 0) is 155 Å². The van der Waals surface area contributed by atoms with Crippen LogP contribution in [0.4, 0.5) is 0 Å². The number of aromatic nitrogens is 4. The van der Waals surface area contributed by atoms with Crippen molar-refractivity contribution < 1.29 is 0 Å². The highest BCUT2D eigenvalue weighted by Gasteiger charge is 2.26. The molecule has 0 atom stereocenters. The summed E-state index contributed by atoms with van der Waals surface area (Å²) < 4.78 is 0. The number of hydrogen-bond acceptors (Lipinski definition) is 4. The first-order chi connectivity index (χ1) is 33.2. The fraction of sp³-hybridized carbons (Fsp3) is 0.250. The van der Waals surface area contributed by atoms with Crippen LogP contribution < -0.4 is 0 Å². The Morgan fingerprint density at radius 1 is 0.371 bits per heavy atom. The van der Waals surface area contributed by atoms with Gasteiger partial charge in [-0.15, -0.1) is 22.7 Å². The Labute approximate surface area is 420 Å². The van der Waals surface area contributed by atoms with Crippen molar-refractivity contribution in [2.75, 3.05) is 0 Å². The van der Waals surface area contributed by atoms with E-state index in [1.165, 1.54) is 82.0 Å². The number of nitrogens with one attached hydrogen (secondary N) is 2. The number of hydrogen-bond donors (Lipinski definition) is 2. The van der Waals surface area contributed by atoms with Gasteiger partial charge >= 0.3 is 0 Å². The highest BCUT2D eigenvalue weighted by Crippen LogP contribution is 2.44. The molecule has 7 aromatic carbocycles. The Morgan fingerprint density at radius 3 is 1.16 bits per heavy atom. The second kappa shape index (κ2) is 16.5. The molecule has 0 aliphatic carbocycles. The monoisotopic (exact) mass is 950 g/mol. The maximum atomic E-state index is 5.25. The molecule has 0 aliphatic rings. The second-order valence-corrected chi connectivity index (χ2v) is 24.8. The van der Waals surface area contributed by atoms with Crippen LogP contribution in [0.3, 0.4) is 0 Å². The van der Waals surface area contributed by atoms with Crippen molar-refractivity contribution in [1.82, 2.24) is 19.9 Å².